The third-order valence-electron chi connectivity index (χ3n) is 4.64. The van der Waals surface area contributed by atoms with Crippen LogP contribution in [-0.4, -0.2) is 44.1 Å². The molecule has 0 radical (unpaired) electrons. The zero-order valence-electron chi connectivity index (χ0n) is 14.6. The fraction of sp³-hybridized carbons (Fsp3) is 0.412. The van der Waals surface area contributed by atoms with Gasteiger partial charge < -0.3 is 15.2 Å². The fourth-order valence-electron chi connectivity index (χ4n) is 3.33. The quantitative estimate of drug-likeness (QED) is 0.730. The number of aromatic nitrogens is 5. The molecule has 3 aromatic rings. The van der Waals surface area contributed by atoms with E-state index in [-0.39, 0.29) is 11.9 Å². The number of halogens is 3. The van der Waals surface area contributed by atoms with E-state index in [2.05, 4.69) is 35.1 Å². The van der Waals surface area contributed by atoms with Crippen LogP contribution in [0, 0.1) is 6.92 Å². The third kappa shape index (κ3) is 3.64. The number of rotatable bonds is 3. The lowest BCUT2D eigenvalue weighted by Crippen LogP contribution is -2.39. The van der Waals surface area contributed by atoms with Crippen molar-refractivity contribution in [3.05, 3.63) is 36.2 Å². The second-order valence-corrected chi connectivity index (χ2v) is 6.60. The van der Waals surface area contributed by atoms with Crippen molar-refractivity contribution in [1.82, 2.24) is 24.9 Å². The van der Waals surface area contributed by atoms with Crippen molar-refractivity contribution in [3.8, 4) is 0 Å². The molecule has 2 N–H and O–H groups in total. The van der Waals surface area contributed by atoms with Gasteiger partial charge in [0.05, 0.1) is 5.52 Å². The molecule has 7 nitrogen and oxygen atoms in total. The van der Waals surface area contributed by atoms with E-state index in [1.165, 1.54) is 0 Å². The summed E-state index contributed by atoms with van der Waals surface area (Å²) < 4.78 is 38.3. The van der Waals surface area contributed by atoms with E-state index >= 15 is 0 Å². The van der Waals surface area contributed by atoms with Gasteiger partial charge in [-0.25, -0.2) is 19.9 Å². The SMILES string of the molecule is Cc1cc2ncnc(N3CCC(Nc4cc(C(F)(F)F)ncn4)CC3)c2[nH]1. The Labute approximate surface area is 153 Å². The maximum absolute atomic E-state index is 12.8. The molecule has 10 heteroatoms. The molecule has 0 bridgehead atoms. The molecule has 0 atom stereocenters. The molecular formula is C17H18F3N7. The average molecular weight is 377 g/mol. The number of H-pyrrole nitrogens is 1. The number of nitrogens with zero attached hydrogens (tertiary/aromatic N) is 5. The van der Waals surface area contributed by atoms with Crippen molar-refractivity contribution in [3.63, 3.8) is 0 Å². The number of fused-ring (bicyclic) bond motifs is 1. The monoisotopic (exact) mass is 377 g/mol. The molecule has 4 heterocycles. The minimum absolute atomic E-state index is 0.0416. The van der Waals surface area contributed by atoms with Gasteiger partial charge in [0, 0.05) is 30.9 Å². The van der Waals surface area contributed by atoms with Gasteiger partial charge in [-0.2, -0.15) is 13.2 Å². The second kappa shape index (κ2) is 6.67. The molecule has 1 saturated heterocycles. The normalized spacial score (nSPS) is 16.1. The number of aromatic amines is 1. The Balaban J connectivity index is 1.43. The number of aryl methyl sites for hydroxylation is 1. The van der Waals surface area contributed by atoms with E-state index in [1.807, 2.05) is 13.0 Å². The minimum atomic E-state index is -4.48. The predicted octanol–water partition coefficient (Wildman–Crippen LogP) is 3.16. The number of alkyl halides is 3. The maximum Gasteiger partial charge on any atom is 0.433 e. The molecule has 0 amide bonds. The zero-order chi connectivity index (χ0) is 19.0. The van der Waals surface area contributed by atoms with Crippen LogP contribution in [-0.2, 0) is 6.18 Å². The first-order chi connectivity index (χ1) is 12.9. The van der Waals surface area contributed by atoms with E-state index < -0.39 is 11.9 Å². The highest BCUT2D eigenvalue weighted by molar-refractivity contribution is 5.86. The molecule has 0 aromatic carbocycles. The zero-order valence-corrected chi connectivity index (χ0v) is 14.6. The molecule has 1 aliphatic heterocycles. The van der Waals surface area contributed by atoms with Crippen LogP contribution in [0.2, 0.25) is 0 Å². The fourth-order valence-corrected chi connectivity index (χ4v) is 3.33. The first-order valence-electron chi connectivity index (χ1n) is 8.61. The van der Waals surface area contributed by atoms with Gasteiger partial charge in [-0.3, -0.25) is 0 Å². The lowest BCUT2D eigenvalue weighted by molar-refractivity contribution is -0.141. The third-order valence-corrected chi connectivity index (χ3v) is 4.64. The summed E-state index contributed by atoms with van der Waals surface area (Å²) in [5, 5.41) is 3.09. The van der Waals surface area contributed by atoms with Crippen molar-refractivity contribution < 1.29 is 13.2 Å². The molecule has 0 saturated carbocycles. The number of anilines is 2. The standard InChI is InChI=1S/C17H18F3N7/c1-10-6-12-15(25-10)16(24-8-21-12)27-4-2-11(3-5-27)26-14-7-13(17(18,19)20)22-9-23-14/h6-9,11,25H,2-5H2,1H3,(H,22,23,26). The Morgan fingerprint density at radius 3 is 2.56 bits per heavy atom. The van der Waals surface area contributed by atoms with Crippen LogP contribution in [0.25, 0.3) is 11.0 Å². The highest BCUT2D eigenvalue weighted by Crippen LogP contribution is 2.29. The van der Waals surface area contributed by atoms with Crippen molar-refractivity contribution in [2.24, 2.45) is 0 Å². The van der Waals surface area contributed by atoms with Crippen molar-refractivity contribution in [1.29, 1.82) is 0 Å². The van der Waals surface area contributed by atoms with Gasteiger partial charge in [0.15, 0.2) is 5.82 Å². The molecule has 0 aliphatic carbocycles. The van der Waals surface area contributed by atoms with E-state index in [0.29, 0.717) is 0 Å². The molecule has 1 aliphatic rings. The van der Waals surface area contributed by atoms with Crippen LogP contribution >= 0.6 is 0 Å². The topological polar surface area (TPSA) is 82.6 Å². The number of hydrogen-bond donors (Lipinski definition) is 2. The first kappa shape index (κ1) is 17.5. The summed E-state index contributed by atoms with van der Waals surface area (Å²) in [5.74, 6) is 1.05. The Morgan fingerprint density at radius 2 is 1.81 bits per heavy atom. The van der Waals surface area contributed by atoms with E-state index in [4.69, 9.17) is 0 Å². The molecule has 27 heavy (non-hydrogen) atoms. The summed E-state index contributed by atoms with van der Waals surface area (Å²) >= 11 is 0. The number of piperidine rings is 1. The van der Waals surface area contributed by atoms with E-state index in [0.717, 1.165) is 60.9 Å². The van der Waals surface area contributed by atoms with Crippen molar-refractivity contribution in [2.75, 3.05) is 23.3 Å². The first-order valence-corrected chi connectivity index (χ1v) is 8.61. The molecule has 4 rings (SSSR count). The summed E-state index contributed by atoms with van der Waals surface area (Å²) in [7, 11) is 0. The Kier molecular flexibility index (Phi) is 4.33. The lowest BCUT2D eigenvalue weighted by atomic mass is 10.0. The van der Waals surface area contributed by atoms with Crippen LogP contribution in [0.15, 0.2) is 24.8 Å². The molecular weight excluding hydrogens is 359 g/mol. The summed E-state index contributed by atoms with van der Waals surface area (Å²) in [5.41, 5.74) is 1.86. The molecule has 3 aromatic heterocycles. The predicted molar refractivity (Wildman–Crippen MR) is 94.5 cm³/mol. The van der Waals surface area contributed by atoms with Gasteiger partial charge in [-0.15, -0.1) is 0 Å². The minimum Gasteiger partial charge on any atom is -0.367 e. The van der Waals surface area contributed by atoms with Gasteiger partial charge in [0.2, 0.25) is 0 Å². The molecule has 142 valence electrons. The van der Waals surface area contributed by atoms with Gasteiger partial charge >= 0.3 is 6.18 Å². The summed E-state index contributed by atoms with van der Waals surface area (Å²) in [6.45, 7) is 3.44. The highest BCUT2D eigenvalue weighted by atomic mass is 19.4. The smallest absolute Gasteiger partial charge is 0.367 e. The van der Waals surface area contributed by atoms with Crippen LogP contribution in [0.4, 0.5) is 24.8 Å². The van der Waals surface area contributed by atoms with Crippen LogP contribution in [0.3, 0.4) is 0 Å². The second-order valence-electron chi connectivity index (χ2n) is 6.60. The van der Waals surface area contributed by atoms with Crippen molar-refractivity contribution in [2.45, 2.75) is 32.0 Å². The van der Waals surface area contributed by atoms with Gasteiger partial charge in [-0.05, 0) is 25.8 Å². The Bertz CT molecular complexity index is 945. The number of nitrogens with one attached hydrogen (secondary N) is 2. The van der Waals surface area contributed by atoms with Crippen molar-refractivity contribution >= 4 is 22.7 Å². The van der Waals surface area contributed by atoms with Gasteiger partial charge in [0.25, 0.3) is 0 Å². The van der Waals surface area contributed by atoms with E-state index in [9.17, 15) is 13.2 Å². The Morgan fingerprint density at radius 1 is 1.07 bits per heavy atom. The van der Waals surface area contributed by atoms with Gasteiger partial charge in [-0.1, -0.05) is 0 Å². The van der Waals surface area contributed by atoms with Crippen LogP contribution in [0.5, 0.6) is 0 Å². The largest absolute Gasteiger partial charge is 0.433 e. The van der Waals surface area contributed by atoms with Crippen LogP contribution in [0.1, 0.15) is 24.2 Å². The summed E-state index contributed by atoms with van der Waals surface area (Å²) in [6.07, 6.45) is -0.470. The molecule has 0 spiro atoms. The molecule has 1 fully saturated rings. The van der Waals surface area contributed by atoms with Crippen LogP contribution < -0.4 is 10.2 Å². The highest BCUT2D eigenvalue weighted by Gasteiger charge is 2.33. The van der Waals surface area contributed by atoms with E-state index in [1.54, 1.807) is 6.33 Å². The summed E-state index contributed by atoms with van der Waals surface area (Å²) in [6, 6.07) is 2.96. The number of hydrogen-bond acceptors (Lipinski definition) is 6. The average Bonchev–Trinajstić information content (AvgIpc) is 3.02. The lowest BCUT2D eigenvalue weighted by Gasteiger charge is -2.33. The maximum atomic E-state index is 12.8. The van der Waals surface area contributed by atoms with Gasteiger partial charge in [0.1, 0.15) is 29.7 Å². The summed E-state index contributed by atoms with van der Waals surface area (Å²) in [4.78, 5) is 21.3. The Hall–Kier alpha value is -2.91. The molecule has 0 unspecified atom stereocenters.